The third-order valence-electron chi connectivity index (χ3n) is 4.26. The van der Waals surface area contributed by atoms with E-state index < -0.39 is 0 Å². The first kappa shape index (κ1) is 19.7. The van der Waals surface area contributed by atoms with Crippen molar-refractivity contribution in [1.82, 2.24) is 0 Å². The highest BCUT2D eigenvalue weighted by molar-refractivity contribution is 9.11. The lowest BCUT2D eigenvalue weighted by Crippen LogP contribution is -2.05. The molecule has 4 nitrogen and oxygen atoms in total. The minimum absolute atomic E-state index is 0.294. The first-order valence-corrected chi connectivity index (χ1v) is 10.6. The average Bonchev–Trinajstić information content (AvgIpc) is 3.15. The van der Waals surface area contributed by atoms with Gasteiger partial charge in [-0.2, -0.15) is 0 Å². The molecular formula is C23H16Br2O4. The van der Waals surface area contributed by atoms with Crippen molar-refractivity contribution in [3.63, 3.8) is 0 Å². The van der Waals surface area contributed by atoms with Crippen LogP contribution in [0.5, 0.6) is 17.2 Å². The molecule has 0 amide bonds. The van der Waals surface area contributed by atoms with Gasteiger partial charge in [0.1, 0.15) is 22.8 Å². The Balaban J connectivity index is 1.61. The molecule has 0 bridgehead atoms. The molecule has 0 aliphatic rings. The summed E-state index contributed by atoms with van der Waals surface area (Å²) in [6, 6.07) is 21.0. The Kier molecular flexibility index (Phi) is 5.74. The van der Waals surface area contributed by atoms with Crippen LogP contribution in [0.3, 0.4) is 0 Å². The number of hydrogen-bond acceptors (Lipinski definition) is 4. The Morgan fingerprint density at radius 1 is 0.931 bits per heavy atom. The van der Waals surface area contributed by atoms with Crippen LogP contribution in [-0.2, 0) is 4.79 Å². The fraction of sp³-hybridized carbons (Fsp3) is 0.0870. The van der Waals surface area contributed by atoms with Crippen LogP contribution in [0.25, 0.3) is 22.3 Å². The highest BCUT2D eigenvalue weighted by Gasteiger charge is 2.14. The number of halogens is 2. The van der Waals surface area contributed by atoms with Crippen LogP contribution < -0.4 is 9.47 Å². The number of esters is 1. The van der Waals surface area contributed by atoms with E-state index in [0.29, 0.717) is 32.6 Å². The third kappa shape index (κ3) is 4.38. The highest BCUT2D eigenvalue weighted by Crippen LogP contribution is 2.41. The lowest BCUT2D eigenvalue weighted by atomic mass is 10.1. The molecule has 0 aliphatic carbocycles. The average molecular weight is 516 g/mol. The third-order valence-corrected chi connectivity index (χ3v) is 5.44. The molecule has 0 N–H and O–H groups in total. The Morgan fingerprint density at radius 3 is 2.34 bits per heavy atom. The van der Waals surface area contributed by atoms with Gasteiger partial charge in [-0.3, -0.25) is 4.79 Å². The second-order valence-corrected chi connectivity index (χ2v) is 8.03. The lowest BCUT2D eigenvalue weighted by molar-refractivity contribution is -0.134. The van der Waals surface area contributed by atoms with Crippen LogP contribution in [0, 0.1) is 0 Å². The van der Waals surface area contributed by atoms with Crippen molar-refractivity contribution >= 4 is 48.8 Å². The second kappa shape index (κ2) is 8.43. The second-order valence-electron chi connectivity index (χ2n) is 6.32. The van der Waals surface area contributed by atoms with E-state index in [9.17, 15) is 4.79 Å². The first-order chi connectivity index (χ1) is 14.0. The molecule has 0 spiro atoms. The van der Waals surface area contributed by atoms with Gasteiger partial charge in [0.25, 0.3) is 0 Å². The zero-order valence-electron chi connectivity index (χ0n) is 15.4. The zero-order chi connectivity index (χ0) is 20.4. The molecule has 1 aromatic heterocycles. The predicted molar refractivity (Wildman–Crippen MR) is 119 cm³/mol. The number of furan rings is 1. The zero-order valence-corrected chi connectivity index (χ0v) is 18.6. The smallest absolute Gasteiger partial charge is 0.310 e. The molecule has 3 aromatic carbocycles. The quantitative estimate of drug-likeness (QED) is 0.201. The molecule has 0 saturated carbocycles. The van der Waals surface area contributed by atoms with E-state index >= 15 is 0 Å². The molecule has 1 heterocycles. The fourth-order valence-corrected chi connectivity index (χ4v) is 4.15. The summed E-state index contributed by atoms with van der Waals surface area (Å²) in [4.78, 5) is 11.5. The monoisotopic (exact) mass is 514 g/mol. The van der Waals surface area contributed by atoms with E-state index in [0.717, 1.165) is 22.3 Å². The SMILES string of the molecule is CCC(=O)Oc1cc(Br)c(Oc2ccc3oc(-c4ccccc4)cc3c2)c(Br)c1. The lowest BCUT2D eigenvalue weighted by Gasteiger charge is -2.12. The van der Waals surface area contributed by atoms with E-state index in [-0.39, 0.29) is 5.97 Å². The number of carbonyl (C=O) groups is 1. The summed E-state index contributed by atoms with van der Waals surface area (Å²) >= 11 is 6.97. The summed E-state index contributed by atoms with van der Waals surface area (Å²) in [7, 11) is 0. The molecule has 0 atom stereocenters. The van der Waals surface area contributed by atoms with E-state index in [1.807, 2.05) is 54.6 Å². The first-order valence-electron chi connectivity index (χ1n) is 9.00. The van der Waals surface area contributed by atoms with Crippen LogP contribution >= 0.6 is 31.9 Å². The number of benzene rings is 3. The number of carbonyl (C=O) groups excluding carboxylic acids is 1. The largest absolute Gasteiger partial charge is 0.456 e. The van der Waals surface area contributed by atoms with E-state index in [1.54, 1.807) is 19.1 Å². The van der Waals surface area contributed by atoms with E-state index in [4.69, 9.17) is 13.9 Å². The fourth-order valence-electron chi connectivity index (χ4n) is 2.84. The summed E-state index contributed by atoms with van der Waals surface area (Å²) in [5, 5.41) is 0.946. The van der Waals surface area contributed by atoms with Crippen molar-refractivity contribution in [3.05, 3.63) is 75.7 Å². The molecular weight excluding hydrogens is 500 g/mol. The highest BCUT2D eigenvalue weighted by atomic mass is 79.9. The van der Waals surface area contributed by atoms with E-state index in [1.165, 1.54) is 0 Å². The van der Waals surface area contributed by atoms with Gasteiger partial charge in [0.15, 0.2) is 5.75 Å². The van der Waals surface area contributed by atoms with Crippen LogP contribution in [-0.4, -0.2) is 5.97 Å². The molecule has 0 saturated heterocycles. The topological polar surface area (TPSA) is 48.7 Å². The maximum Gasteiger partial charge on any atom is 0.310 e. The summed E-state index contributed by atoms with van der Waals surface area (Å²) in [6.07, 6.45) is 0.309. The number of ether oxygens (including phenoxy) is 2. The van der Waals surface area contributed by atoms with Crippen molar-refractivity contribution in [2.24, 2.45) is 0 Å². The molecule has 0 fully saturated rings. The summed E-state index contributed by atoms with van der Waals surface area (Å²) < 4.78 is 18.6. The molecule has 0 unspecified atom stereocenters. The Morgan fingerprint density at radius 2 is 1.66 bits per heavy atom. The van der Waals surface area contributed by atoms with Gasteiger partial charge >= 0.3 is 5.97 Å². The van der Waals surface area contributed by atoms with Gasteiger partial charge in [-0.1, -0.05) is 37.3 Å². The van der Waals surface area contributed by atoms with Crippen molar-refractivity contribution in [3.8, 4) is 28.6 Å². The predicted octanol–water partition coefficient (Wildman–Crippen LogP) is 7.73. The Bertz CT molecular complexity index is 1160. The Labute approximate surface area is 184 Å². The number of fused-ring (bicyclic) bond motifs is 1. The minimum Gasteiger partial charge on any atom is -0.456 e. The maximum atomic E-state index is 11.5. The standard InChI is InChI=1S/C23H16Br2O4/c1-2-22(26)27-17-12-18(24)23(19(25)13-17)28-16-8-9-20-15(10-16)11-21(29-20)14-6-4-3-5-7-14/h3-13H,2H2,1H3. The van der Waals surface area contributed by atoms with Gasteiger partial charge in [0, 0.05) is 17.4 Å². The summed E-state index contributed by atoms with van der Waals surface area (Å²) in [6.45, 7) is 1.75. The molecule has 4 aromatic rings. The number of rotatable bonds is 5. The van der Waals surface area contributed by atoms with Gasteiger partial charge in [-0.05, 0) is 68.3 Å². The maximum absolute atomic E-state index is 11.5. The van der Waals surface area contributed by atoms with Crippen LogP contribution in [0.15, 0.2) is 80.1 Å². The number of hydrogen-bond donors (Lipinski definition) is 0. The van der Waals surface area contributed by atoms with Gasteiger partial charge in [0.2, 0.25) is 0 Å². The minimum atomic E-state index is -0.294. The summed E-state index contributed by atoms with van der Waals surface area (Å²) in [5.41, 5.74) is 1.81. The van der Waals surface area contributed by atoms with Crippen molar-refractivity contribution in [2.75, 3.05) is 0 Å². The van der Waals surface area contributed by atoms with Gasteiger partial charge < -0.3 is 13.9 Å². The molecule has 0 radical (unpaired) electrons. The van der Waals surface area contributed by atoms with Gasteiger partial charge in [-0.25, -0.2) is 0 Å². The van der Waals surface area contributed by atoms with Crippen LogP contribution in [0.2, 0.25) is 0 Å². The molecule has 0 aliphatic heterocycles. The van der Waals surface area contributed by atoms with Crippen molar-refractivity contribution in [2.45, 2.75) is 13.3 Å². The molecule has 146 valence electrons. The van der Waals surface area contributed by atoms with Crippen LogP contribution in [0.4, 0.5) is 0 Å². The van der Waals surface area contributed by atoms with E-state index in [2.05, 4.69) is 31.9 Å². The van der Waals surface area contributed by atoms with Crippen molar-refractivity contribution < 1.29 is 18.7 Å². The normalized spacial score (nSPS) is 10.9. The van der Waals surface area contributed by atoms with Crippen LogP contribution in [0.1, 0.15) is 13.3 Å². The molecule has 4 rings (SSSR count). The Hall–Kier alpha value is -2.57. The van der Waals surface area contributed by atoms with Gasteiger partial charge in [0.05, 0.1) is 8.95 Å². The van der Waals surface area contributed by atoms with Crippen molar-refractivity contribution in [1.29, 1.82) is 0 Å². The van der Waals surface area contributed by atoms with Gasteiger partial charge in [-0.15, -0.1) is 0 Å². The molecule has 6 heteroatoms. The summed E-state index contributed by atoms with van der Waals surface area (Å²) in [5.74, 6) is 2.21. The molecule has 29 heavy (non-hydrogen) atoms.